The summed E-state index contributed by atoms with van der Waals surface area (Å²) in [7, 11) is 0. The van der Waals surface area contributed by atoms with E-state index in [-0.39, 0.29) is 5.69 Å². The number of nitrogens with zero attached hydrogens (tertiary/aromatic N) is 4. The third-order valence-corrected chi connectivity index (χ3v) is 3.57. The topological polar surface area (TPSA) is 72.9 Å². The van der Waals surface area contributed by atoms with Crippen molar-refractivity contribution in [2.24, 2.45) is 0 Å². The molecule has 2 heterocycles. The van der Waals surface area contributed by atoms with E-state index in [1.54, 1.807) is 6.20 Å². The third-order valence-electron chi connectivity index (χ3n) is 3.57. The van der Waals surface area contributed by atoms with Gasteiger partial charge in [0, 0.05) is 12.4 Å². The zero-order valence-electron chi connectivity index (χ0n) is 14.2. The molecule has 0 aliphatic heterocycles. The summed E-state index contributed by atoms with van der Waals surface area (Å²) < 4.78 is 3.40. The molecule has 0 saturated heterocycles. The minimum Gasteiger partial charge on any atom is -0.476 e. The average molecular weight is 346 g/mol. The number of carboxylic acids is 1. The van der Waals surface area contributed by atoms with Crippen LogP contribution in [0.4, 0.5) is 0 Å². The molecule has 4 rings (SSSR count). The Morgan fingerprint density at radius 2 is 1.27 bits per heavy atom. The molecule has 130 valence electrons. The lowest BCUT2D eigenvalue weighted by atomic mass is 10.3. The van der Waals surface area contributed by atoms with Crippen molar-refractivity contribution in [1.29, 1.82) is 0 Å². The summed E-state index contributed by atoms with van der Waals surface area (Å²) in [5, 5.41) is 16.9. The predicted octanol–water partition coefficient (Wildman–Crippen LogP) is 3.75. The molecule has 6 nitrogen and oxygen atoms in total. The fraction of sp³-hybridized carbons (Fsp3) is 0.0500. The third kappa shape index (κ3) is 4.24. The van der Waals surface area contributed by atoms with Gasteiger partial charge in [0.15, 0.2) is 5.69 Å². The minimum absolute atomic E-state index is 0.0499. The number of aromatic nitrogens is 4. The van der Waals surface area contributed by atoms with E-state index in [4.69, 9.17) is 5.11 Å². The van der Waals surface area contributed by atoms with E-state index < -0.39 is 5.97 Å². The van der Waals surface area contributed by atoms with Crippen LogP contribution in [-0.2, 0) is 0 Å². The number of carbonyl (C=O) groups is 1. The van der Waals surface area contributed by atoms with Gasteiger partial charge in [-0.25, -0.2) is 14.2 Å². The maximum absolute atomic E-state index is 10.6. The Hall–Kier alpha value is -3.67. The normalized spacial score (nSPS) is 10.0. The zero-order valence-corrected chi connectivity index (χ0v) is 14.2. The van der Waals surface area contributed by atoms with Gasteiger partial charge in [0.2, 0.25) is 0 Å². The Morgan fingerprint density at radius 3 is 1.69 bits per heavy atom. The number of aryl methyl sites for hydroxylation is 1. The molecule has 0 atom stereocenters. The minimum atomic E-state index is -1.01. The molecule has 2 aromatic carbocycles. The van der Waals surface area contributed by atoms with Gasteiger partial charge < -0.3 is 5.11 Å². The fourth-order valence-electron chi connectivity index (χ4n) is 2.30. The van der Waals surface area contributed by atoms with Gasteiger partial charge in [-0.15, -0.1) is 0 Å². The van der Waals surface area contributed by atoms with E-state index in [0.717, 1.165) is 17.1 Å². The predicted molar refractivity (Wildman–Crippen MR) is 98.8 cm³/mol. The van der Waals surface area contributed by atoms with Crippen LogP contribution in [-0.4, -0.2) is 30.6 Å². The second kappa shape index (κ2) is 7.94. The number of hydrogen-bond acceptors (Lipinski definition) is 3. The summed E-state index contributed by atoms with van der Waals surface area (Å²) in [4.78, 5) is 10.6. The molecule has 0 aliphatic carbocycles. The smallest absolute Gasteiger partial charge is 0.356 e. The van der Waals surface area contributed by atoms with E-state index in [0.29, 0.717) is 0 Å². The van der Waals surface area contributed by atoms with Gasteiger partial charge in [-0.05, 0) is 43.3 Å². The summed E-state index contributed by atoms with van der Waals surface area (Å²) in [6.45, 7) is 1.99. The van der Waals surface area contributed by atoms with Crippen molar-refractivity contribution in [1.82, 2.24) is 19.6 Å². The lowest BCUT2D eigenvalue weighted by molar-refractivity contribution is 0.0690. The van der Waals surface area contributed by atoms with E-state index in [1.165, 1.54) is 10.7 Å². The highest BCUT2D eigenvalue weighted by Gasteiger charge is 2.06. The highest BCUT2D eigenvalue weighted by molar-refractivity contribution is 5.85. The Kier molecular flexibility index (Phi) is 5.24. The van der Waals surface area contributed by atoms with E-state index in [9.17, 15) is 4.79 Å². The first kappa shape index (κ1) is 17.2. The zero-order chi connectivity index (χ0) is 18.4. The van der Waals surface area contributed by atoms with Gasteiger partial charge >= 0.3 is 5.97 Å². The van der Waals surface area contributed by atoms with Crippen LogP contribution in [0.25, 0.3) is 11.4 Å². The average Bonchev–Trinajstić information content (AvgIpc) is 3.33. The number of benzene rings is 2. The Morgan fingerprint density at radius 1 is 0.769 bits per heavy atom. The molecule has 2 aromatic heterocycles. The highest BCUT2D eigenvalue weighted by atomic mass is 16.4. The van der Waals surface area contributed by atoms with Crippen LogP contribution in [0.1, 0.15) is 16.2 Å². The van der Waals surface area contributed by atoms with Crippen molar-refractivity contribution in [2.75, 3.05) is 0 Å². The van der Waals surface area contributed by atoms with Crippen molar-refractivity contribution >= 4 is 5.97 Å². The van der Waals surface area contributed by atoms with Gasteiger partial charge in [-0.1, -0.05) is 36.4 Å². The second-order valence-corrected chi connectivity index (χ2v) is 5.52. The fourth-order valence-corrected chi connectivity index (χ4v) is 2.30. The monoisotopic (exact) mass is 346 g/mol. The molecule has 0 spiro atoms. The maximum atomic E-state index is 10.6. The number of carboxylic acid groups (broad SMARTS) is 1. The van der Waals surface area contributed by atoms with E-state index in [1.807, 2.05) is 84.5 Å². The van der Waals surface area contributed by atoms with Crippen LogP contribution in [0.2, 0.25) is 0 Å². The van der Waals surface area contributed by atoms with Crippen molar-refractivity contribution in [3.63, 3.8) is 0 Å². The molecule has 0 saturated carbocycles. The molecule has 0 radical (unpaired) electrons. The standard InChI is InChI=1S/C10H8N2O2.C10H10N2/c13-10(14)9-6-7-12(11-9)8-4-2-1-3-5-8;1-9-7-8-12(11-9)10-5-3-2-4-6-10/h1-7H,(H,13,14);2-8H,1H3. The van der Waals surface area contributed by atoms with Crippen LogP contribution < -0.4 is 0 Å². The summed E-state index contributed by atoms with van der Waals surface area (Å²) in [6, 6.07) is 22.9. The van der Waals surface area contributed by atoms with E-state index >= 15 is 0 Å². The maximum Gasteiger partial charge on any atom is 0.356 e. The Balaban J connectivity index is 0.000000152. The summed E-state index contributed by atoms with van der Waals surface area (Å²) in [6.07, 6.45) is 3.59. The summed E-state index contributed by atoms with van der Waals surface area (Å²) >= 11 is 0. The molecule has 26 heavy (non-hydrogen) atoms. The van der Waals surface area contributed by atoms with Gasteiger partial charge in [0.25, 0.3) is 0 Å². The first-order valence-corrected chi connectivity index (χ1v) is 8.05. The lowest BCUT2D eigenvalue weighted by Crippen LogP contribution is -2.00. The van der Waals surface area contributed by atoms with Crippen LogP contribution in [0.5, 0.6) is 0 Å². The Bertz CT molecular complexity index is 975. The van der Waals surface area contributed by atoms with Crippen LogP contribution >= 0.6 is 0 Å². The van der Waals surface area contributed by atoms with Gasteiger partial charge in [0.05, 0.1) is 17.1 Å². The molecule has 0 fully saturated rings. The van der Waals surface area contributed by atoms with Gasteiger partial charge in [-0.3, -0.25) is 0 Å². The number of rotatable bonds is 3. The number of hydrogen-bond donors (Lipinski definition) is 1. The lowest BCUT2D eigenvalue weighted by Gasteiger charge is -1.98. The van der Waals surface area contributed by atoms with Crippen molar-refractivity contribution in [3.05, 3.63) is 96.6 Å². The van der Waals surface area contributed by atoms with Crippen LogP contribution in [0, 0.1) is 6.92 Å². The van der Waals surface area contributed by atoms with E-state index in [2.05, 4.69) is 10.2 Å². The first-order chi connectivity index (χ1) is 12.6. The molecule has 1 N–H and O–H groups in total. The molecule has 4 aromatic rings. The largest absolute Gasteiger partial charge is 0.476 e. The first-order valence-electron chi connectivity index (χ1n) is 8.05. The number of aromatic carboxylic acids is 1. The molecule has 0 aliphatic rings. The van der Waals surface area contributed by atoms with Crippen molar-refractivity contribution in [3.8, 4) is 11.4 Å². The highest BCUT2D eigenvalue weighted by Crippen LogP contribution is 2.07. The van der Waals surface area contributed by atoms with Gasteiger partial charge in [0.1, 0.15) is 0 Å². The molecule has 0 bridgehead atoms. The van der Waals surface area contributed by atoms with Gasteiger partial charge in [-0.2, -0.15) is 10.2 Å². The molecular weight excluding hydrogens is 328 g/mol. The van der Waals surface area contributed by atoms with Crippen molar-refractivity contribution in [2.45, 2.75) is 6.92 Å². The molecule has 6 heteroatoms. The molecule has 0 amide bonds. The number of para-hydroxylation sites is 2. The van der Waals surface area contributed by atoms with Crippen molar-refractivity contribution < 1.29 is 9.90 Å². The quantitative estimate of drug-likeness (QED) is 0.613. The summed E-state index contributed by atoms with van der Waals surface area (Å²) in [5.41, 5.74) is 3.04. The van der Waals surface area contributed by atoms with Crippen LogP contribution in [0.15, 0.2) is 85.2 Å². The SMILES string of the molecule is Cc1ccn(-c2ccccc2)n1.O=C(O)c1ccn(-c2ccccc2)n1. The molecule has 0 unspecified atom stereocenters. The molecular formula is C20H18N4O2. The second-order valence-electron chi connectivity index (χ2n) is 5.52. The summed E-state index contributed by atoms with van der Waals surface area (Å²) in [5.74, 6) is -1.01. The Labute approximate surface area is 151 Å². The van der Waals surface area contributed by atoms with Crippen LogP contribution in [0.3, 0.4) is 0 Å².